The van der Waals surface area contributed by atoms with Crippen LogP contribution in [0.5, 0.6) is 0 Å². The van der Waals surface area contributed by atoms with E-state index in [1.54, 1.807) is 30.3 Å². The summed E-state index contributed by atoms with van der Waals surface area (Å²) in [6.45, 7) is 2.05. The van der Waals surface area contributed by atoms with Crippen LogP contribution in [0, 0.1) is 11.8 Å². The van der Waals surface area contributed by atoms with Gasteiger partial charge in [-0.2, -0.15) is 0 Å². The Morgan fingerprint density at radius 1 is 0.933 bits per heavy atom. The second-order valence-corrected chi connectivity index (χ2v) is 10.2. The zero-order valence-electron chi connectivity index (χ0n) is 17.5. The number of likely N-dealkylation sites (tertiary alicyclic amines) is 1. The molecule has 2 amide bonds. The minimum absolute atomic E-state index is 0.00857. The predicted octanol–water partition coefficient (Wildman–Crippen LogP) is 2.29. The van der Waals surface area contributed by atoms with Crippen molar-refractivity contribution in [2.75, 3.05) is 26.2 Å². The minimum atomic E-state index is -3.49. The van der Waals surface area contributed by atoms with Gasteiger partial charge in [0.25, 0.3) is 0 Å². The van der Waals surface area contributed by atoms with Crippen LogP contribution in [0.15, 0.2) is 35.2 Å². The molecule has 7 nitrogen and oxygen atoms in total. The lowest BCUT2D eigenvalue weighted by Gasteiger charge is -2.28. The first kappa shape index (κ1) is 22.7. The van der Waals surface area contributed by atoms with Gasteiger partial charge in [0.2, 0.25) is 21.8 Å². The van der Waals surface area contributed by atoms with Gasteiger partial charge < -0.3 is 10.2 Å². The SMILES string of the molecule is O=C(NCC(=O)N1CCCCCC1)C1CCC(CNS(=O)(=O)c2ccccc2)CC1. The van der Waals surface area contributed by atoms with Gasteiger partial charge in [0.05, 0.1) is 11.4 Å². The molecule has 166 valence electrons. The summed E-state index contributed by atoms with van der Waals surface area (Å²) in [6.07, 6.45) is 7.46. The van der Waals surface area contributed by atoms with Gasteiger partial charge in [0, 0.05) is 25.6 Å². The van der Waals surface area contributed by atoms with Gasteiger partial charge >= 0.3 is 0 Å². The fraction of sp³-hybridized carbons (Fsp3) is 0.636. The molecular formula is C22H33N3O4S. The van der Waals surface area contributed by atoms with Crippen molar-refractivity contribution in [1.82, 2.24) is 14.9 Å². The second kappa shape index (κ2) is 10.9. The highest BCUT2D eigenvalue weighted by Crippen LogP contribution is 2.28. The summed E-state index contributed by atoms with van der Waals surface area (Å²) >= 11 is 0. The van der Waals surface area contributed by atoms with Crippen LogP contribution in [-0.4, -0.2) is 51.3 Å². The molecule has 1 heterocycles. The largest absolute Gasteiger partial charge is 0.347 e. The number of hydrogen-bond donors (Lipinski definition) is 2. The number of sulfonamides is 1. The van der Waals surface area contributed by atoms with Crippen molar-refractivity contribution >= 4 is 21.8 Å². The average Bonchev–Trinajstić information content (AvgIpc) is 3.06. The monoisotopic (exact) mass is 435 g/mol. The van der Waals surface area contributed by atoms with Gasteiger partial charge in [0.1, 0.15) is 0 Å². The Kier molecular flexibility index (Phi) is 8.27. The van der Waals surface area contributed by atoms with Crippen molar-refractivity contribution in [3.05, 3.63) is 30.3 Å². The van der Waals surface area contributed by atoms with Crippen LogP contribution in [0.4, 0.5) is 0 Å². The van der Waals surface area contributed by atoms with Gasteiger partial charge in [-0.15, -0.1) is 0 Å². The maximum absolute atomic E-state index is 12.5. The van der Waals surface area contributed by atoms with E-state index in [4.69, 9.17) is 0 Å². The number of benzene rings is 1. The zero-order valence-corrected chi connectivity index (χ0v) is 18.3. The molecule has 2 N–H and O–H groups in total. The van der Waals surface area contributed by atoms with Crippen LogP contribution in [0.2, 0.25) is 0 Å². The summed E-state index contributed by atoms with van der Waals surface area (Å²) in [5, 5.41) is 2.82. The van der Waals surface area contributed by atoms with Crippen LogP contribution in [-0.2, 0) is 19.6 Å². The van der Waals surface area contributed by atoms with Crippen molar-refractivity contribution in [2.24, 2.45) is 11.8 Å². The molecule has 1 aromatic rings. The predicted molar refractivity (Wildman–Crippen MR) is 115 cm³/mol. The summed E-state index contributed by atoms with van der Waals surface area (Å²) < 4.78 is 27.4. The van der Waals surface area contributed by atoms with Gasteiger partial charge in [-0.05, 0) is 56.6 Å². The third-order valence-corrected chi connectivity index (χ3v) is 7.65. The quantitative estimate of drug-likeness (QED) is 0.687. The van der Waals surface area contributed by atoms with Gasteiger partial charge in [-0.1, -0.05) is 31.0 Å². The van der Waals surface area contributed by atoms with Crippen LogP contribution in [0.1, 0.15) is 51.4 Å². The Morgan fingerprint density at radius 2 is 1.57 bits per heavy atom. The maximum Gasteiger partial charge on any atom is 0.241 e. The third kappa shape index (κ3) is 6.54. The smallest absolute Gasteiger partial charge is 0.241 e. The molecule has 0 unspecified atom stereocenters. The van der Waals surface area contributed by atoms with Crippen molar-refractivity contribution in [3.63, 3.8) is 0 Å². The Bertz CT molecular complexity index is 797. The van der Waals surface area contributed by atoms with Crippen LogP contribution >= 0.6 is 0 Å². The lowest BCUT2D eigenvalue weighted by atomic mass is 9.81. The van der Waals surface area contributed by atoms with Crippen molar-refractivity contribution in [2.45, 2.75) is 56.3 Å². The van der Waals surface area contributed by atoms with Crippen molar-refractivity contribution < 1.29 is 18.0 Å². The van der Waals surface area contributed by atoms with Crippen molar-refractivity contribution in [3.8, 4) is 0 Å². The number of hydrogen-bond acceptors (Lipinski definition) is 4. The molecule has 0 atom stereocenters. The Balaban J connectivity index is 1.37. The number of nitrogens with zero attached hydrogens (tertiary/aromatic N) is 1. The van der Waals surface area contributed by atoms with Crippen LogP contribution in [0.25, 0.3) is 0 Å². The topological polar surface area (TPSA) is 95.6 Å². The summed E-state index contributed by atoms with van der Waals surface area (Å²) in [6, 6.07) is 8.35. The molecule has 1 saturated carbocycles. The van der Waals surface area contributed by atoms with E-state index in [1.165, 1.54) is 12.8 Å². The van der Waals surface area contributed by atoms with Gasteiger partial charge in [-0.3, -0.25) is 9.59 Å². The van der Waals surface area contributed by atoms with E-state index in [2.05, 4.69) is 10.0 Å². The molecule has 30 heavy (non-hydrogen) atoms. The van der Waals surface area contributed by atoms with Crippen LogP contribution < -0.4 is 10.0 Å². The molecule has 0 aromatic heterocycles. The normalized spacial score (nSPS) is 22.9. The molecule has 2 aliphatic rings. The second-order valence-electron chi connectivity index (χ2n) is 8.40. The maximum atomic E-state index is 12.5. The first-order chi connectivity index (χ1) is 14.5. The number of amides is 2. The van der Waals surface area contributed by atoms with E-state index in [0.717, 1.165) is 51.6 Å². The van der Waals surface area contributed by atoms with E-state index < -0.39 is 10.0 Å². The first-order valence-electron chi connectivity index (χ1n) is 11.1. The van der Waals surface area contributed by atoms with E-state index in [9.17, 15) is 18.0 Å². The Morgan fingerprint density at radius 3 is 2.20 bits per heavy atom. The third-order valence-electron chi connectivity index (χ3n) is 6.21. The standard InChI is InChI=1S/C22H33N3O4S/c26-21(25-14-6-1-2-7-15-25)17-23-22(27)19-12-10-18(11-13-19)16-24-30(28,29)20-8-4-3-5-9-20/h3-5,8-9,18-19,24H,1-2,6-7,10-17H2,(H,23,27). The molecular weight excluding hydrogens is 402 g/mol. The molecule has 0 spiro atoms. The molecule has 1 aliphatic carbocycles. The van der Waals surface area contributed by atoms with Crippen LogP contribution in [0.3, 0.4) is 0 Å². The highest BCUT2D eigenvalue weighted by Gasteiger charge is 2.28. The number of carbonyl (C=O) groups is 2. The minimum Gasteiger partial charge on any atom is -0.347 e. The van der Waals surface area contributed by atoms with Gasteiger partial charge in [-0.25, -0.2) is 13.1 Å². The fourth-order valence-electron chi connectivity index (χ4n) is 4.28. The summed E-state index contributed by atoms with van der Waals surface area (Å²) in [7, 11) is -3.49. The highest BCUT2D eigenvalue weighted by molar-refractivity contribution is 7.89. The fourth-order valence-corrected chi connectivity index (χ4v) is 5.42. The van der Waals surface area contributed by atoms with E-state index in [-0.39, 0.29) is 35.1 Å². The number of nitrogens with one attached hydrogen (secondary N) is 2. The first-order valence-corrected chi connectivity index (χ1v) is 12.5. The lowest BCUT2D eigenvalue weighted by molar-refractivity contribution is -0.134. The molecule has 1 saturated heterocycles. The molecule has 8 heteroatoms. The molecule has 3 rings (SSSR count). The summed E-state index contributed by atoms with van der Waals surface area (Å²) in [5.41, 5.74) is 0. The highest BCUT2D eigenvalue weighted by atomic mass is 32.2. The average molecular weight is 436 g/mol. The number of rotatable bonds is 7. The molecule has 1 aliphatic heterocycles. The Labute approximate surface area is 179 Å². The van der Waals surface area contributed by atoms with E-state index in [0.29, 0.717) is 6.54 Å². The molecule has 2 fully saturated rings. The molecule has 1 aromatic carbocycles. The van der Waals surface area contributed by atoms with E-state index >= 15 is 0 Å². The van der Waals surface area contributed by atoms with E-state index in [1.807, 2.05) is 4.90 Å². The summed E-state index contributed by atoms with van der Waals surface area (Å²) in [4.78, 5) is 26.9. The zero-order chi connectivity index (χ0) is 21.4. The Hall–Kier alpha value is -1.93. The van der Waals surface area contributed by atoms with Gasteiger partial charge in [0.15, 0.2) is 0 Å². The lowest BCUT2D eigenvalue weighted by Crippen LogP contribution is -2.43. The van der Waals surface area contributed by atoms with Crippen molar-refractivity contribution in [1.29, 1.82) is 0 Å². The number of carbonyl (C=O) groups excluding carboxylic acids is 2. The molecule has 0 bridgehead atoms. The summed E-state index contributed by atoms with van der Waals surface area (Å²) in [5.74, 6) is 0.0888. The molecule has 0 radical (unpaired) electrons.